The van der Waals surface area contributed by atoms with Crippen molar-refractivity contribution in [2.24, 2.45) is 17.8 Å². The van der Waals surface area contributed by atoms with Gasteiger partial charge in [-0.25, -0.2) is 4.79 Å². The molecule has 9 heteroatoms. The molecule has 1 saturated heterocycles. The smallest absolute Gasteiger partial charge is 0.423 e. The molecule has 1 fully saturated rings. The van der Waals surface area contributed by atoms with Crippen LogP contribution in [0.2, 0.25) is 0 Å². The van der Waals surface area contributed by atoms with E-state index in [1.807, 2.05) is 6.08 Å². The Labute approximate surface area is 207 Å². The van der Waals surface area contributed by atoms with Gasteiger partial charge in [-0.1, -0.05) is 23.8 Å². The van der Waals surface area contributed by atoms with E-state index in [1.165, 1.54) is 6.08 Å². The number of carbonyl (C=O) groups is 5. The van der Waals surface area contributed by atoms with Crippen molar-refractivity contribution in [3.63, 3.8) is 0 Å². The van der Waals surface area contributed by atoms with E-state index in [-0.39, 0.29) is 52.6 Å². The van der Waals surface area contributed by atoms with Gasteiger partial charge in [-0.05, 0) is 44.7 Å². The molecule has 0 aromatic heterocycles. The summed E-state index contributed by atoms with van der Waals surface area (Å²) in [6.07, 6.45) is 2.32. The van der Waals surface area contributed by atoms with E-state index in [2.05, 4.69) is 4.74 Å². The SMILES string of the molecule is CCOc1cccc([C@H]2C3=CC[C@@H]4C(=O)N(C(=O)OC)C(=O)[C@@H]4[C@@H]3CC3=C2C(=O)C=C(C)C3=O)c1O. The third-order valence-corrected chi connectivity index (χ3v) is 7.56. The molecule has 0 radical (unpaired) electrons. The largest absolute Gasteiger partial charge is 0.504 e. The van der Waals surface area contributed by atoms with E-state index in [4.69, 9.17) is 4.74 Å². The summed E-state index contributed by atoms with van der Waals surface area (Å²) in [5.74, 6) is -4.96. The molecule has 4 atom stereocenters. The fourth-order valence-electron chi connectivity index (χ4n) is 6.05. The number of hydrogen-bond donors (Lipinski definition) is 1. The Balaban J connectivity index is 1.70. The van der Waals surface area contributed by atoms with Crippen LogP contribution in [0.3, 0.4) is 0 Å². The van der Waals surface area contributed by atoms with Gasteiger partial charge in [-0.2, -0.15) is 4.90 Å². The quantitative estimate of drug-likeness (QED) is 0.388. The summed E-state index contributed by atoms with van der Waals surface area (Å²) in [4.78, 5) is 65.6. The van der Waals surface area contributed by atoms with Crippen LogP contribution >= 0.6 is 0 Å². The molecule has 186 valence electrons. The molecule has 0 spiro atoms. The molecule has 0 bridgehead atoms. The van der Waals surface area contributed by atoms with Crippen LogP contribution in [0.5, 0.6) is 11.5 Å². The van der Waals surface area contributed by atoms with Crippen LogP contribution in [0, 0.1) is 17.8 Å². The van der Waals surface area contributed by atoms with Crippen LogP contribution in [0.1, 0.15) is 38.2 Å². The molecule has 1 N–H and O–H groups in total. The third-order valence-electron chi connectivity index (χ3n) is 7.56. The molecule has 4 aliphatic rings. The van der Waals surface area contributed by atoms with Crippen LogP contribution in [0.15, 0.2) is 52.6 Å². The minimum Gasteiger partial charge on any atom is -0.504 e. The molecule has 1 aromatic rings. The lowest BCUT2D eigenvalue weighted by molar-refractivity contribution is -0.137. The standard InChI is InChI=1S/C27H25NO8/c1-4-36-19-7-5-6-14(24(19)31)20-13-8-9-15-21(26(33)28(25(15)32)27(34)35-3)16(13)11-17-22(20)18(29)10-12(2)23(17)30/h5-8,10,15-16,20-21,31H,4,9,11H2,1-3H3/t15-,16+,20+,21-/m0/s1. The number of methoxy groups -OCH3 is 1. The average molecular weight is 491 g/mol. The Bertz CT molecular complexity index is 1330. The predicted octanol–water partition coefficient (Wildman–Crippen LogP) is 2.99. The number of allylic oxidation sites excluding steroid dienone is 6. The average Bonchev–Trinajstić information content (AvgIpc) is 3.12. The molecule has 3 amide bonds. The summed E-state index contributed by atoms with van der Waals surface area (Å²) in [6.45, 7) is 3.65. The van der Waals surface area contributed by atoms with E-state index in [0.717, 1.165) is 7.11 Å². The minimum atomic E-state index is -1.04. The number of ketones is 2. The number of Topliss-reactive ketones (excluding diaryl/α,β-unsaturated/α-hetero) is 1. The number of phenolic OH excluding ortho intramolecular Hbond substituents is 1. The van der Waals surface area contributed by atoms with Gasteiger partial charge in [0, 0.05) is 28.2 Å². The van der Waals surface area contributed by atoms with Crippen molar-refractivity contribution in [2.45, 2.75) is 32.6 Å². The van der Waals surface area contributed by atoms with Crippen molar-refractivity contribution < 1.29 is 38.6 Å². The number of ether oxygens (including phenoxy) is 2. The highest BCUT2D eigenvalue weighted by Crippen LogP contribution is 2.56. The number of carbonyl (C=O) groups excluding carboxylic acids is 5. The highest BCUT2D eigenvalue weighted by molar-refractivity contribution is 6.24. The topological polar surface area (TPSA) is 127 Å². The zero-order chi connectivity index (χ0) is 25.9. The predicted molar refractivity (Wildman–Crippen MR) is 125 cm³/mol. The first-order valence-corrected chi connectivity index (χ1v) is 11.8. The van der Waals surface area contributed by atoms with E-state index < -0.39 is 41.6 Å². The maximum Gasteiger partial charge on any atom is 0.423 e. The molecule has 3 aliphatic carbocycles. The summed E-state index contributed by atoms with van der Waals surface area (Å²) in [7, 11) is 1.10. The van der Waals surface area contributed by atoms with Crippen LogP contribution in [-0.4, -0.2) is 53.2 Å². The molecule has 1 aliphatic heterocycles. The Morgan fingerprint density at radius 3 is 2.58 bits per heavy atom. The number of imide groups is 3. The number of para-hydroxylation sites is 1. The van der Waals surface area contributed by atoms with Gasteiger partial charge in [0.25, 0.3) is 0 Å². The van der Waals surface area contributed by atoms with Gasteiger partial charge in [0.1, 0.15) is 0 Å². The summed E-state index contributed by atoms with van der Waals surface area (Å²) in [5.41, 5.74) is 1.86. The fourth-order valence-corrected chi connectivity index (χ4v) is 6.05. The van der Waals surface area contributed by atoms with E-state index in [0.29, 0.717) is 22.6 Å². The normalized spacial score (nSPS) is 27.2. The second-order valence-corrected chi connectivity index (χ2v) is 9.34. The first-order chi connectivity index (χ1) is 17.2. The number of likely N-dealkylation sites (tertiary alicyclic amines) is 1. The van der Waals surface area contributed by atoms with Gasteiger partial charge < -0.3 is 14.6 Å². The molecule has 36 heavy (non-hydrogen) atoms. The van der Waals surface area contributed by atoms with Crippen molar-refractivity contribution in [3.8, 4) is 11.5 Å². The van der Waals surface area contributed by atoms with Crippen molar-refractivity contribution in [2.75, 3.05) is 13.7 Å². The van der Waals surface area contributed by atoms with Crippen molar-refractivity contribution in [3.05, 3.63) is 58.2 Å². The summed E-state index contributed by atoms with van der Waals surface area (Å²) in [6, 6.07) is 4.96. The van der Waals surface area contributed by atoms with E-state index in [9.17, 15) is 29.1 Å². The maximum atomic E-state index is 13.4. The number of hydrogen-bond acceptors (Lipinski definition) is 8. The summed E-state index contributed by atoms with van der Waals surface area (Å²) >= 11 is 0. The Hall–Kier alpha value is -4.01. The Kier molecular flexibility index (Phi) is 5.65. The monoisotopic (exact) mass is 491 g/mol. The molecule has 9 nitrogen and oxygen atoms in total. The van der Waals surface area contributed by atoms with Gasteiger partial charge in [-0.3, -0.25) is 19.2 Å². The second-order valence-electron chi connectivity index (χ2n) is 9.34. The van der Waals surface area contributed by atoms with Crippen molar-refractivity contribution in [1.29, 1.82) is 0 Å². The van der Waals surface area contributed by atoms with E-state index >= 15 is 0 Å². The van der Waals surface area contributed by atoms with Gasteiger partial charge in [0.2, 0.25) is 11.8 Å². The molecule has 5 rings (SSSR count). The third kappa shape index (κ3) is 3.26. The lowest BCUT2D eigenvalue weighted by Gasteiger charge is -2.42. The number of benzene rings is 1. The van der Waals surface area contributed by atoms with Crippen LogP contribution in [-0.2, 0) is 23.9 Å². The molecule has 1 aromatic carbocycles. The second kappa shape index (κ2) is 8.58. The number of nitrogens with zero attached hydrogens (tertiary/aromatic N) is 1. The number of fused-ring (bicyclic) bond motifs is 3. The van der Waals surface area contributed by atoms with Gasteiger partial charge in [0.05, 0.1) is 25.6 Å². The highest BCUT2D eigenvalue weighted by Gasteiger charge is 2.58. The van der Waals surface area contributed by atoms with Gasteiger partial charge in [0.15, 0.2) is 23.1 Å². The first kappa shape index (κ1) is 23.7. The van der Waals surface area contributed by atoms with Crippen LogP contribution < -0.4 is 4.74 Å². The zero-order valence-electron chi connectivity index (χ0n) is 20.1. The Morgan fingerprint density at radius 2 is 1.89 bits per heavy atom. The summed E-state index contributed by atoms with van der Waals surface area (Å²) in [5, 5.41) is 11.1. The maximum absolute atomic E-state index is 13.4. The lowest BCUT2D eigenvalue weighted by atomic mass is 9.59. The minimum absolute atomic E-state index is 0.0779. The van der Waals surface area contributed by atoms with Gasteiger partial charge in [-0.15, -0.1) is 0 Å². The van der Waals surface area contributed by atoms with Crippen LogP contribution in [0.4, 0.5) is 4.79 Å². The fraction of sp³-hybridized carbons (Fsp3) is 0.370. The molecular formula is C27H25NO8. The molecule has 0 saturated carbocycles. The number of aromatic hydroxyl groups is 1. The summed E-state index contributed by atoms with van der Waals surface area (Å²) < 4.78 is 10.2. The molecule has 0 unspecified atom stereocenters. The molecular weight excluding hydrogens is 466 g/mol. The zero-order valence-corrected chi connectivity index (χ0v) is 20.1. The highest BCUT2D eigenvalue weighted by atomic mass is 16.5. The van der Waals surface area contributed by atoms with Crippen LogP contribution in [0.25, 0.3) is 0 Å². The van der Waals surface area contributed by atoms with Crippen molar-refractivity contribution >= 4 is 29.5 Å². The molecule has 1 heterocycles. The number of amides is 3. The van der Waals surface area contributed by atoms with Crippen molar-refractivity contribution in [1.82, 2.24) is 4.90 Å². The van der Waals surface area contributed by atoms with E-state index in [1.54, 1.807) is 32.0 Å². The lowest BCUT2D eigenvalue weighted by Crippen LogP contribution is -2.40. The van der Waals surface area contributed by atoms with Gasteiger partial charge >= 0.3 is 6.09 Å². The number of rotatable bonds is 3. The first-order valence-electron chi connectivity index (χ1n) is 11.8. The number of phenols is 1. The Morgan fingerprint density at radius 1 is 1.14 bits per heavy atom.